The summed E-state index contributed by atoms with van der Waals surface area (Å²) in [4.78, 5) is 73.6. The van der Waals surface area contributed by atoms with Crippen LogP contribution in [0.5, 0.6) is 23.0 Å². The lowest BCUT2D eigenvalue weighted by atomic mass is 9.51. The maximum atomic E-state index is 14.2. The number of hydrogen-bond acceptors (Lipinski definition) is 10. The van der Waals surface area contributed by atoms with Crippen molar-refractivity contribution in [2.45, 2.75) is 51.7 Å². The van der Waals surface area contributed by atoms with Gasteiger partial charge in [-0.25, -0.2) is 28.5 Å². The Balaban J connectivity index is 1.31. The minimum absolute atomic E-state index is 0.00778. The first-order valence-corrected chi connectivity index (χ1v) is 16.2. The lowest BCUT2D eigenvalue weighted by Gasteiger charge is -2.52. The van der Waals surface area contributed by atoms with E-state index >= 15 is 0 Å². The molecule has 0 bridgehead atoms. The number of phenols is 1. The SMILES string of the molecule is COc1cc2nc(CCn3c(=O)n4n(c3=O)[C@@H]3C[C@H]5C(=O)C=C(C)C(=O)[C@@]5(C)[C@@H](c5ccc(O)cc5OC)C3=CC4)c(=O)n(C)c2cc1OC. The molecule has 14 heteroatoms. The number of aryl methyl sites for hydroxylation is 2. The number of nitrogens with zero attached hydrogens (tertiary/aromatic N) is 5. The number of phenolic OH excluding ortho intramolecular Hbond substituents is 1. The number of ether oxygens (including phenoxy) is 3. The van der Waals surface area contributed by atoms with Crippen LogP contribution in [0.25, 0.3) is 11.0 Å². The van der Waals surface area contributed by atoms with Gasteiger partial charge in [-0.05, 0) is 36.6 Å². The lowest BCUT2D eigenvalue weighted by Crippen LogP contribution is -2.54. The summed E-state index contributed by atoms with van der Waals surface area (Å²) in [5.74, 6) is -0.751. The summed E-state index contributed by atoms with van der Waals surface area (Å²) in [6, 6.07) is 7.21. The highest BCUT2D eigenvalue weighted by Crippen LogP contribution is 2.61. The van der Waals surface area contributed by atoms with Gasteiger partial charge < -0.3 is 23.9 Å². The topological polar surface area (TPSA) is 166 Å². The molecule has 2 aliphatic carbocycles. The van der Waals surface area contributed by atoms with Crippen molar-refractivity contribution in [2.75, 3.05) is 21.3 Å². The number of aromatic hydroxyl groups is 1. The molecular weight excluding hydrogens is 646 g/mol. The number of ketones is 2. The van der Waals surface area contributed by atoms with Crippen LogP contribution in [0.2, 0.25) is 0 Å². The Labute approximate surface area is 285 Å². The highest BCUT2D eigenvalue weighted by atomic mass is 16.5. The van der Waals surface area contributed by atoms with Crippen molar-refractivity contribution < 1.29 is 28.9 Å². The minimum Gasteiger partial charge on any atom is -0.508 e. The van der Waals surface area contributed by atoms with E-state index in [1.165, 1.54) is 53.5 Å². The van der Waals surface area contributed by atoms with E-state index in [1.54, 1.807) is 39.1 Å². The average molecular weight is 684 g/mol. The molecule has 0 unspecified atom stereocenters. The number of carbonyl (C=O) groups is 2. The Morgan fingerprint density at radius 2 is 1.66 bits per heavy atom. The monoisotopic (exact) mass is 683 g/mol. The zero-order valence-corrected chi connectivity index (χ0v) is 28.6. The van der Waals surface area contributed by atoms with E-state index < -0.39 is 34.7 Å². The summed E-state index contributed by atoms with van der Waals surface area (Å²) in [7, 11) is 6.06. The molecule has 0 saturated heterocycles. The first-order chi connectivity index (χ1) is 23.8. The molecule has 3 aliphatic rings. The van der Waals surface area contributed by atoms with Gasteiger partial charge in [-0.1, -0.05) is 19.1 Å². The van der Waals surface area contributed by atoms with Gasteiger partial charge in [0.05, 0.1) is 50.4 Å². The summed E-state index contributed by atoms with van der Waals surface area (Å²) < 4.78 is 21.7. The van der Waals surface area contributed by atoms with Crippen LogP contribution in [0.1, 0.15) is 43.5 Å². The van der Waals surface area contributed by atoms with Gasteiger partial charge in [-0.2, -0.15) is 0 Å². The van der Waals surface area contributed by atoms with Gasteiger partial charge in [-0.3, -0.25) is 14.4 Å². The van der Waals surface area contributed by atoms with Gasteiger partial charge in [0.15, 0.2) is 23.1 Å². The Kier molecular flexibility index (Phi) is 7.72. The standard InChI is InChI=1S/C36H37N5O9/c1-18-13-27(43)22-15-25-20(31(36(22,2)32(18)44)21-8-7-19(42)14-28(21)48-4)9-12-40-34(46)39(35(47)41(25)40)11-10-23-33(45)38(3)26-17-30(50-6)29(49-5)16-24(26)37-23/h7-9,13-14,16-17,22,25,31,42H,10-12,15H2,1-6H3/t22-,25+,31+,36+/m0/s1. The van der Waals surface area contributed by atoms with Crippen molar-refractivity contribution in [3.05, 3.63) is 96.2 Å². The van der Waals surface area contributed by atoms with Gasteiger partial charge in [-0.15, -0.1) is 0 Å². The third-order valence-electron chi connectivity index (χ3n) is 10.7. The van der Waals surface area contributed by atoms with Crippen molar-refractivity contribution >= 4 is 22.6 Å². The highest BCUT2D eigenvalue weighted by molar-refractivity contribution is 6.13. The van der Waals surface area contributed by atoms with Gasteiger partial charge in [0.2, 0.25) is 0 Å². The molecule has 50 heavy (non-hydrogen) atoms. The number of methoxy groups -OCH3 is 3. The predicted molar refractivity (Wildman–Crippen MR) is 181 cm³/mol. The average Bonchev–Trinajstić information content (AvgIpc) is 3.35. The second-order valence-corrected chi connectivity index (χ2v) is 13.2. The second kappa shape index (κ2) is 11.7. The minimum atomic E-state index is -1.22. The van der Waals surface area contributed by atoms with Gasteiger partial charge >= 0.3 is 11.4 Å². The van der Waals surface area contributed by atoms with Crippen LogP contribution in [0.4, 0.5) is 0 Å². The number of fused-ring (bicyclic) bond motifs is 5. The van der Waals surface area contributed by atoms with Crippen LogP contribution in [0.3, 0.4) is 0 Å². The predicted octanol–water partition coefficient (Wildman–Crippen LogP) is 2.42. The third-order valence-corrected chi connectivity index (χ3v) is 10.7. The number of benzene rings is 2. The van der Waals surface area contributed by atoms with Crippen molar-refractivity contribution in [2.24, 2.45) is 18.4 Å². The normalized spacial score (nSPS) is 22.7. The second-order valence-electron chi connectivity index (χ2n) is 13.2. The Morgan fingerprint density at radius 3 is 2.36 bits per heavy atom. The molecule has 1 fully saturated rings. The summed E-state index contributed by atoms with van der Waals surface area (Å²) in [5, 5.41) is 10.2. The first-order valence-electron chi connectivity index (χ1n) is 16.2. The molecule has 4 atom stereocenters. The molecule has 14 nitrogen and oxygen atoms in total. The summed E-state index contributed by atoms with van der Waals surface area (Å²) in [5.41, 5.74) is 0.0301. The number of rotatable bonds is 7. The van der Waals surface area contributed by atoms with E-state index in [2.05, 4.69) is 4.98 Å². The molecule has 260 valence electrons. The molecule has 0 amide bonds. The van der Waals surface area contributed by atoms with Crippen LogP contribution in [-0.4, -0.2) is 61.5 Å². The van der Waals surface area contributed by atoms with Crippen molar-refractivity contribution in [1.82, 2.24) is 23.5 Å². The lowest BCUT2D eigenvalue weighted by molar-refractivity contribution is -0.139. The highest BCUT2D eigenvalue weighted by Gasteiger charge is 2.60. The van der Waals surface area contributed by atoms with Crippen LogP contribution in [-0.2, 0) is 36.1 Å². The molecule has 2 aromatic heterocycles. The van der Waals surface area contributed by atoms with Gasteiger partial charge in [0.1, 0.15) is 17.2 Å². The molecule has 2 aromatic carbocycles. The zero-order valence-electron chi connectivity index (χ0n) is 28.6. The number of Topliss-reactive ketones (excluding diaryl/α,β-unsaturated/α-hetero) is 1. The van der Waals surface area contributed by atoms with Crippen LogP contribution in [0.15, 0.2) is 68.0 Å². The molecule has 3 heterocycles. The van der Waals surface area contributed by atoms with E-state index in [0.29, 0.717) is 45.0 Å². The quantitative estimate of drug-likeness (QED) is 0.286. The fourth-order valence-electron chi connectivity index (χ4n) is 8.27. The molecule has 1 aliphatic heterocycles. The fraction of sp³-hybridized carbons (Fsp3) is 0.389. The first kappa shape index (κ1) is 32.9. The van der Waals surface area contributed by atoms with E-state index in [-0.39, 0.29) is 54.5 Å². The van der Waals surface area contributed by atoms with E-state index in [0.717, 1.165) is 4.57 Å². The maximum absolute atomic E-state index is 14.2. The van der Waals surface area contributed by atoms with Crippen molar-refractivity contribution in [1.29, 1.82) is 0 Å². The van der Waals surface area contributed by atoms with Crippen LogP contribution in [0, 0.1) is 11.3 Å². The number of allylic oxidation sites excluding steroid dienone is 4. The van der Waals surface area contributed by atoms with E-state index in [4.69, 9.17) is 14.2 Å². The molecule has 0 spiro atoms. The number of carbonyl (C=O) groups excluding carboxylic acids is 2. The number of aromatic nitrogens is 5. The largest absolute Gasteiger partial charge is 0.508 e. The molecule has 0 radical (unpaired) electrons. The smallest absolute Gasteiger partial charge is 0.347 e. The summed E-state index contributed by atoms with van der Waals surface area (Å²) in [6.07, 6.45) is 3.32. The molecule has 4 aromatic rings. The van der Waals surface area contributed by atoms with E-state index in [9.17, 15) is 29.1 Å². The van der Waals surface area contributed by atoms with Gasteiger partial charge in [0.25, 0.3) is 5.56 Å². The van der Waals surface area contributed by atoms with Crippen LogP contribution >= 0.6 is 0 Å². The zero-order chi connectivity index (χ0) is 35.8. The number of hydrogen-bond donors (Lipinski definition) is 1. The van der Waals surface area contributed by atoms with Gasteiger partial charge in [0, 0.05) is 55.6 Å². The molecule has 1 saturated carbocycles. The summed E-state index contributed by atoms with van der Waals surface area (Å²) in [6.45, 7) is 3.32. The van der Waals surface area contributed by atoms with Crippen molar-refractivity contribution in [3.63, 3.8) is 0 Å². The fourth-order valence-corrected chi connectivity index (χ4v) is 8.27. The van der Waals surface area contributed by atoms with Crippen molar-refractivity contribution in [3.8, 4) is 23.0 Å². The van der Waals surface area contributed by atoms with E-state index in [1.807, 2.05) is 6.08 Å². The Morgan fingerprint density at radius 1 is 0.960 bits per heavy atom. The summed E-state index contributed by atoms with van der Waals surface area (Å²) >= 11 is 0. The molecule has 1 N–H and O–H groups in total. The maximum Gasteiger partial charge on any atom is 0.347 e. The third kappa shape index (κ3) is 4.61. The Hall–Kier alpha value is -5.66. The Bertz CT molecular complexity index is 2380. The van der Waals surface area contributed by atoms with Crippen LogP contribution < -0.4 is 31.1 Å². The molecular formula is C36H37N5O9. The molecule has 7 rings (SSSR count).